The van der Waals surface area contributed by atoms with Gasteiger partial charge in [0.25, 0.3) is 0 Å². The smallest absolute Gasteiger partial charge is 0.0709 e. The van der Waals surface area contributed by atoms with Crippen LogP contribution in [0.25, 0.3) is 22.2 Å². The second kappa shape index (κ2) is 4.48. The summed E-state index contributed by atoms with van der Waals surface area (Å²) < 4.78 is 0. The van der Waals surface area contributed by atoms with Crippen LogP contribution in [0.1, 0.15) is 5.56 Å². The first-order valence-electron chi connectivity index (χ1n) is 5.76. The quantitative estimate of drug-likeness (QED) is 0.716. The highest BCUT2D eigenvalue weighted by atomic mass is 35.5. The first-order chi connectivity index (χ1) is 8.79. The first kappa shape index (κ1) is 11.3. The summed E-state index contributed by atoms with van der Waals surface area (Å²) in [5.41, 5.74) is 3.85. The normalized spacial score (nSPS) is 11.0. The molecule has 3 aromatic rings. The maximum Gasteiger partial charge on any atom is 0.0709 e. The summed E-state index contributed by atoms with van der Waals surface area (Å²) in [6, 6.07) is 15.6. The number of aliphatic hydroxyl groups is 1. The Balaban J connectivity index is 2.28. The molecule has 90 valence electrons. The van der Waals surface area contributed by atoms with Crippen LogP contribution in [0.4, 0.5) is 0 Å². The van der Waals surface area contributed by atoms with Gasteiger partial charge in [-0.25, -0.2) is 0 Å². The minimum absolute atomic E-state index is 0.00581. The number of benzene rings is 2. The molecule has 18 heavy (non-hydrogen) atoms. The van der Waals surface area contributed by atoms with E-state index in [4.69, 9.17) is 11.6 Å². The molecule has 0 fully saturated rings. The van der Waals surface area contributed by atoms with Crippen molar-refractivity contribution in [2.45, 2.75) is 6.61 Å². The zero-order valence-corrected chi connectivity index (χ0v) is 10.4. The van der Waals surface area contributed by atoms with Gasteiger partial charge < -0.3 is 10.1 Å². The molecular weight excluding hydrogens is 246 g/mol. The number of hydrogen-bond acceptors (Lipinski definition) is 1. The van der Waals surface area contributed by atoms with E-state index < -0.39 is 0 Å². The molecule has 0 atom stereocenters. The topological polar surface area (TPSA) is 36.0 Å². The van der Waals surface area contributed by atoms with E-state index in [0.717, 1.165) is 27.7 Å². The summed E-state index contributed by atoms with van der Waals surface area (Å²) in [6.07, 6.45) is 0. The number of rotatable bonds is 2. The first-order valence-corrected chi connectivity index (χ1v) is 6.14. The number of aliphatic hydroxyl groups excluding tert-OH is 1. The van der Waals surface area contributed by atoms with E-state index in [1.807, 2.05) is 48.5 Å². The van der Waals surface area contributed by atoms with E-state index >= 15 is 0 Å². The van der Waals surface area contributed by atoms with Crippen LogP contribution in [0.5, 0.6) is 0 Å². The van der Waals surface area contributed by atoms with Gasteiger partial charge in [0.1, 0.15) is 0 Å². The van der Waals surface area contributed by atoms with Gasteiger partial charge in [-0.3, -0.25) is 0 Å². The predicted molar refractivity (Wildman–Crippen MR) is 74.7 cm³/mol. The van der Waals surface area contributed by atoms with E-state index in [1.54, 1.807) is 0 Å². The fourth-order valence-corrected chi connectivity index (χ4v) is 2.44. The van der Waals surface area contributed by atoms with E-state index in [1.165, 1.54) is 0 Å². The molecule has 3 heteroatoms. The Morgan fingerprint density at radius 2 is 1.89 bits per heavy atom. The third-order valence-corrected chi connectivity index (χ3v) is 3.32. The van der Waals surface area contributed by atoms with Crippen LogP contribution in [0, 0.1) is 0 Å². The van der Waals surface area contributed by atoms with Crippen LogP contribution in [0.2, 0.25) is 5.02 Å². The molecule has 1 heterocycles. The molecule has 0 spiro atoms. The molecule has 0 aliphatic rings. The Morgan fingerprint density at radius 3 is 2.67 bits per heavy atom. The summed E-state index contributed by atoms with van der Waals surface area (Å²) in [6.45, 7) is 0.00581. The zero-order valence-electron chi connectivity index (χ0n) is 9.65. The van der Waals surface area contributed by atoms with Crippen molar-refractivity contribution in [3.05, 3.63) is 59.1 Å². The SMILES string of the molecule is OCc1c(-c2cccc(Cl)c2)[nH]c2ccccc12. The number of aromatic nitrogens is 1. The van der Waals surface area contributed by atoms with Crippen LogP contribution in [-0.2, 0) is 6.61 Å². The molecule has 0 saturated carbocycles. The van der Waals surface area contributed by atoms with E-state index in [-0.39, 0.29) is 6.61 Å². The van der Waals surface area contributed by atoms with E-state index in [0.29, 0.717) is 5.02 Å². The van der Waals surface area contributed by atoms with Crippen molar-refractivity contribution in [3.8, 4) is 11.3 Å². The summed E-state index contributed by atoms with van der Waals surface area (Å²) >= 11 is 6.01. The highest BCUT2D eigenvalue weighted by molar-refractivity contribution is 6.30. The largest absolute Gasteiger partial charge is 0.392 e. The molecule has 2 N–H and O–H groups in total. The van der Waals surface area contributed by atoms with Gasteiger partial charge >= 0.3 is 0 Å². The second-order valence-corrected chi connectivity index (χ2v) is 4.63. The lowest BCUT2D eigenvalue weighted by molar-refractivity contribution is 0.284. The maximum absolute atomic E-state index is 9.58. The number of fused-ring (bicyclic) bond motifs is 1. The monoisotopic (exact) mass is 257 g/mol. The molecule has 0 aliphatic heterocycles. The van der Waals surface area contributed by atoms with Gasteiger partial charge in [0.05, 0.1) is 12.3 Å². The number of nitrogens with one attached hydrogen (secondary N) is 1. The third-order valence-electron chi connectivity index (χ3n) is 3.09. The zero-order chi connectivity index (χ0) is 12.5. The Morgan fingerprint density at radius 1 is 1.06 bits per heavy atom. The molecule has 0 saturated heterocycles. The Hall–Kier alpha value is -1.77. The molecule has 0 unspecified atom stereocenters. The average Bonchev–Trinajstić information content (AvgIpc) is 2.77. The van der Waals surface area contributed by atoms with Gasteiger partial charge in [0, 0.05) is 21.5 Å². The third kappa shape index (κ3) is 1.80. The maximum atomic E-state index is 9.58. The molecular formula is C15H12ClNO. The fourth-order valence-electron chi connectivity index (χ4n) is 2.25. The minimum Gasteiger partial charge on any atom is -0.392 e. The minimum atomic E-state index is 0.00581. The molecule has 2 nitrogen and oxygen atoms in total. The number of H-pyrrole nitrogens is 1. The van der Waals surface area contributed by atoms with E-state index in [2.05, 4.69) is 4.98 Å². The lowest BCUT2D eigenvalue weighted by atomic mass is 10.1. The number of halogens is 1. The standard InChI is InChI=1S/C15H12ClNO/c16-11-5-3-4-10(8-11)15-13(9-18)12-6-1-2-7-14(12)17-15/h1-8,17-18H,9H2. The number of hydrogen-bond donors (Lipinski definition) is 2. The lowest BCUT2D eigenvalue weighted by Crippen LogP contribution is -1.86. The summed E-state index contributed by atoms with van der Waals surface area (Å²) in [5, 5.41) is 11.3. The van der Waals surface area contributed by atoms with E-state index in [9.17, 15) is 5.11 Å². The number of para-hydroxylation sites is 1. The molecule has 0 radical (unpaired) electrons. The van der Waals surface area contributed by atoms with Gasteiger partial charge in [-0.2, -0.15) is 0 Å². The molecule has 1 aromatic heterocycles. The molecule has 0 aliphatic carbocycles. The Bertz CT molecular complexity index is 703. The van der Waals surface area contributed by atoms with Crippen LogP contribution in [0.3, 0.4) is 0 Å². The lowest BCUT2D eigenvalue weighted by Gasteiger charge is -2.02. The van der Waals surface area contributed by atoms with Gasteiger partial charge in [-0.15, -0.1) is 0 Å². The summed E-state index contributed by atoms with van der Waals surface area (Å²) in [4.78, 5) is 3.34. The molecule has 0 bridgehead atoms. The highest BCUT2D eigenvalue weighted by Crippen LogP contribution is 2.31. The van der Waals surface area contributed by atoms with Gasteiger partial charge in [0.2, 0.25) is 0 Å². The van der Waals surface area contributed by atoms with Crippen LogP contribution < -0.4 is 0 Å². The van der Waals surface area contributed by atoms with Crippen molar-refractivity contribution >= 4 is 22.5 Å². The molecule has 0 amide bonds. The van der Waals surface area contributed by atoms with Crippen LogP contribution >= 0.6 is 11.6 Å². The van der Waals surface area contributed by atoms with Gasteiger partial charge in [0.15, 0.2) is 0 Å². The Kier molecular flexibility index (Phi) is 2.82. The fraction of sp³-hybridized carbons (Fsp3) is 0.0667. The van der Waals surface area contributed by atoms with Gasteiger partial charge in [-0.1, -0.05) is 41.9 Å². The van der Waals surface area contributed by atoms with Crippen molar-refractivity contribution in [1.29, 1.82) is 0 Å². The average molecular weight is 258 g/mol. The Labute approximate surface area is 110 Å². The van der Waals surface area contributed by atoms with Crippen LogP contribution in [0.15, 0.2) is 48.5 Å². The summed E-state index contributed by atoms with van der Waals surface area (Å²) in [5.74, 6) is 0. The predicted octanol–water partition coefficient (Wildman–Crippen LogP) is 3.98. The van der Waals surface area contributed by atoms with Crippen molar-refractivity contribution in [1.82, 2.24) is 4.98 Å². The summed E-state index contributed by atoms with van der Waals surface area (Å²) in [7, 11) is 0. The van der Waals surface area contributed by atoms with Crippen molar-refractivity contribution < 1.29 is 5.11 Å². The van der Waals surface area contributed by atoms with Crippen molar-refractivity contribution in [2.24, 2.45) is 0 Å². The van der Waals surface area contributed by atoms with Crippen molar-refractivity contribution in [2.75, 3.05) is 0 Å². The highest BCUT2D eigenvalue weighted by Gasteiger charge is 2.11. The second-order valence-electron chi connectivity index (χ2n) is 4.19. The van der Waals surface area contributed by atoms with Gasteiger partial charge in [-0.05, 0) is 23.8 Å². The van der Waals surface area contributed by atoms with Crippen LogP contribution in [-0.4, -0.2) is 10.1 Å². The number of aromatic amines is 1. The molecule has 2 aromatic carbocycles. The van der Waals surface area contributed by atoms with Crippen molar-refractivity contribution in [3.63, 3.8) is 0 Å². The molecule has 3 rings (SSSR count).